The molecule has 1 aromatic carbocycles. The van der Waals surface area contributed by atoms with Crippen LogP contribution in [0.1, 0.15) is 38.7 Å². The maximum atomic E-state index is 12.6. The molecule has 0 saturated heterocycles. The Balaban J connectivity index is 1.67. The molecular weight excluding hydrogens is 368 g/mol. The Bertz CT molecular complexity index is 853. The van der Waals surface area contributed by atoms with Crippen LogP contribution in [0, 0.1) is 5.92 Å². The molecule has 1 aromatic heterocycles. The number of anilines is 1. The first-order chi connectivity index (χ1) is 12.3. The third kappa shape index (κ3) is 4.10. The second kappa shape index (κ2) is 7.40. The van der Waals surface area contributed by atoms with E-state index < -0.39 is 15.4 Å². The van der Waals surface area contributed by atoms with Crippen LogP contribution in [-0.4, -0.2) is 20.9 Å². The molecule has 1 amide bonds. The standard InChI is InChI=1S/C19H24N2O3S2/c1-14(2)9-12-20-18(22)19(10-11-19)15-5-7-16(8-6-15)21-26(23,24)17-4-3-13-25-17/h3-8,13-14,21H,9-12H2,1-2H3,(H,20,22). The maximum absolute atomic E-state index is 12.6. The lowest BCUT2D eigenvalue weighted by Gasteiger charge is -2.17. The Morgan fingerprint density at radius 3 is 2.42 bits per heavy atom. The predicted octanol–water partition coefficient (Wildman–Crippen LogP) is 3.74. The van der Waals surface area contributed by atoms with Crippen molar-refractivity contribution in [3.63, 3.8) is 0 Å². The van der Waals surface area contributed by atoms with E-state index in [0.29, 0.717) is 18.2 Å². The number of thiophene rings is 1. The summed E-state index contributed by atoms with van der Waals surface area (Å²) in [5.41, 5.74) is 0.999. The van der Waals surface area contributed by atoms with Crippen molar-refractivity contribution in [3.05, 3.63) is 47.3 Å². The van der Waals surface area contributed by atoms with Gasteiger partial charge >= 0.3 is 0 Å². The van der Waals surface area contributed by atoms with Gasteiger partial charge in [-0.25, -0.2) is 8.42 Å². The van der Waals surface area contributed by atoms with E-state index in [1.165, 1.54) is 11.3 Å². The van der Waals surface area contributed by atoms with Crippen molar-refractivity contribution in [3.8, 4) is 0 Å². The molecule has 5 nitrogen and oxygen atoms in total. The molecule has 0 bridgehead atoms. The van der Waals surface area contributed by atoms with Crippen LogP contribution in [0.25, 0.3) is 0 Å². The summed E-state index contributed by atoms with van der Waals surface area (Å²) in [5.74, 6) is 0.631. The lowest BCUT2D eigenvalue weighted by atomic mass is 9.94. The molecule has 2 aromatic rings. The second-order valence-corrected chi connectivity index (χ2v) is 9.99. The number of hydrogen-bond acceptors (Lipinski definition) is 4. The van der Waals surface area contributed by atoms with E-state index in [2.05, 4.69) is 23.9 Å². The normalized spacial score (nSPS) is 15.7. The summed E-state index contributed by atoms with van der Waals surface area (Å²) in [6.45, 7) is 4.96. The van der Waals surface area contributed by atoms with E-state index in [4.69, 9.17) is 0 Å². The average molecular weight is 393 g/mol. The van der Waals surface area contributed by atoms with E-state index >= 15 is 0 Å². The van der Waals surface area contributed by atoms with Gasteiger partial charge in [-0.2, -0.15) is 0 Å². The highest BCUT2D eigenvalue weighted by atomic mass is 32.2. The van der Waals surface area contributed by atoms with Crippen LogP contribution in [0.5, 0.6) is 0 Å². The third-order valence-corrected chi connectivity index (χ3v) is 7.42. The molecule has 0 radical (unpaired) electrons. The topological polar surface area (TPSA) is 75.3 Å². The van der Waals surface area contributed by atoms with Crippen LogP contribution < -0.4 is 10.0 Å². The first-order valence-electron chi connectivity index (χ1n) is 8.79. The van der Waals surface area contributed by atoms with Crippen molar-refractivity contribution in [2.24, 2.45) is 5.92 Å². The Labute approximate surface area is 158 Å². The molecule has 0 unspecified atom stereocenters. The Morgan fingerprint density at radius 1 is 1.19 bits per heavy atom. The van der Waals surface area contributed by atoms with Gasteiger partial charge < -0.3 is 5.32 Å². The number of amides is 1. The largest absolute Gasteiger partial charge is 0.355 e. The minimum atomic E-state index is -3.55. The van der Waals surface area contributed by atoms with Crippen molar-refractivity contribution in [1.29, 1.82) is 0 Å². The fraction of sp³-hybridized carbons (Fsp3) is 0.421. The van der Waals surface area contributed by atoms with Gasteiger partial charge in [-0.15, -0.1) is 11.3 Å². The van der Waals surface area contributed by atoms with Gasteiger partial charge in [0.1, 0.15) is 4.21 Å². The van der Waals surface area contributed by atoms with Gasteiger partial charge in [-0.3, -0.25) is 9.52 Å². The van der Waals surface area contributed by atoms with Crippen LogP contribution in [-0.2, 0) is 20.2 Å². The Hall–Kier alpha value is -1.86. The van der Waals surface area contributed by atoms with Crippen LogP contribution in [0.3, 0.4) is 0 Å². The van der Waals surface area contributed by atoms with Crippen molar-refractivity contribution in [1.82, 2.24) is 5.32 Å². The summed E-state index contributed by atoms with van der Waals surface area (Å²) in [6.07, 6.45) is 2.63. The predicted molar refractivity (Wildman–Crippen MR) is 105 cm³/mol. The lowest BCUT2D eigenvalue weighted by Crippen LogP contribution is -2.35. The first-order valence-corrected chi connectivity index (χ1v) is 11.1. The first kappa shape index (κ1) is 18.9. The van der Waals surface area contributed by atoms with E-state index in [1.54, 1.807) is 29.6 Å². The number of rotatable bonds is 8. The fourth-order valence-corrected chi connectivity index (χ4v) is 4.95. The molecule has 0 spiro atoms. The summed E-state index contributed by atoms with van der Waals surface area (Å²) in [7, 11) is -3.55. The quantitative estimate of drug-likeness (QED) is 0.718. The highest BCUT2D eigenvalue weighted by Crippen LogP contribution is 2.48. The average Bonchev–Trinajstić information content (AvgIpc) is 3.20. The van der Waals surface area contributed by atoms with Gasteiger partial charge in [0.2, 0.25) is 5.91 Å². The number of carbonyl (C=O) groups is 1. The van der Waals surface area contributed by atoms with Crippen molar-refractivity contribution in [2.75, 3.05) is 11.3 Å². The zero-order chi connectivity index (χ0) is 18.8. The zero-order valence-electron chi connectivity index (χ0n) is 15.0. The summed E-state index contributed by atoms with van der Waals surface area (Å²) in [6, 6.07) is 10.4. The molecule has 0 aliphatic heterocycles. The lowest BCUT2D eigenvalue weighted by molar-refractivity contribution is -0.123. The number of carbonyl (C=O) groups excluding carboxylic acids is 1. The van der Waals surface area contributed by atoms with Crippen molar-refractivity contribution < 1.29 is 13.2 Å². The summed E-state index contributed by atoms with van der Waals surface area (Å²) < 4.78 is 27.4. The number of sulfonamides is 1. The molecule has 1 fully saturated rings. The molecule has 1 saturated carbocycles. The molecule has 0 atom stereocenters. The van der Waals surface area contributed by atoms with Gasteiger partial charge in [0.25, 0.3) is 10.0 Å². The van der Waals surface area contributed by atoms with Gasteiger partial charge in [0.05, 0.1) is 5.41 Å². The highest BCUT2D eigenvalue weighted by Gasteiger charge is 2.51. The SMILES string of the molecule is CC(C)CCNC(=O)C1(c2ccc(NS(=O)(=O)c3cccs3)cc2)CC1. The Kier molecular flexibility index (Phi) is 5.39. The van der Waals surface area contributed by atoms with E-state index in [9.17, 15) is 13.2 Å². The highest BCUT2D eigenvalue weighted by molar-refractivity contribution is 7.94. The molecule has 26 heavy (non-hydrogen) atoms. The van der Waals surface area contributed by atoms with Crippen molar-refractivity contribution in [2.45, 2.75) is 42.7 Å². The van der Waals surface area contributed by atoms with E-state index in [-0.39, 0.29) is 10.1 Å². The van der Waals surface area contributed by atoms with E-state index in [1.807, 2.05) is 12.1 Å². The minimum Gasteiger partial charge on any atom is -0.355 e. The van der Waals surface area contributed by atoms with E-state index in [0.717, 1.165) is 24.8 Å². The summed E-state index contributed by atoms with van der Waals surface area (Å²) in [4.78, 5) is 12.6. The smallest absolute Gasteiger partial charge is 0.271 e. The maximum Gasteiger partial charge on any atom is 0.271 e. The summed E-state index contributed by atoms with van der Waals surface area (Å²) >= 11 is 1.18. The van der Waals surface area contributed by atoms with Gasteiger partial charge in [-0.05, 0) is 54.3 Å². The van der Waals surface area contributed by atoms with Crippen LogP contribution in [0.4, 0.5) is 5.69 Å². The molecule has 3 rings (SSSR count). The number of nitrogens with one attached hydrogen (secondary N) is 2. The monoisotopic (exact) mass is 392 g/mol. The Morgan fingerprint density at radius 2 is 1.88 bits per heavy atom. The molecule has 140 valence electrons. The van der Waals surface area contributed by atoms with Gasteiger partial charge in [0, 0.05) is 12.2 Å². The molecule has 1 heterocycles. The zero-order valence-corrected chi connectivity index (χ0v) is 16.6. The summed E-state index contributed by atoms with van der Waals surface area (Å²) in [5, 5.41) is 4.77. The van der Waals surface area contributed by atoms with Crippen molar-refractivity contribution >= 4 is 33.0 Å². The fourth-order valence-electron chi connectivity index (χ4n) is 2.89. The molecule has 2 N–H and O–H groups in total. The minimum absolute atomic E-state index is 0.0741. The van der Waals surface area contributed by atoms with Crippen LogP contribution in [0.15, 0.2) is 46.0 Å². The molecule has 1 aliphatic carbocycles. The molecular formula is C19H24N2O3S2. The van der Waals surface area contributed by atoms with Gasteiger partial charge in [0.15, 0.2) is 0 Å². The third-order valence-electron chi connectivity index (χ3n) is 4.64. The van der Waals surface area contributed by atoms with Crippen LogP contribution >= 0.6 is 11.3 Å². The van der Waals surface area contributed by atoms with Gasteiger partial charge in [-0.1, -0.05) is 32.0 Å². The number of hydrogen-bond donors (Lipinski definition) is 2. The van der Waals surface area contributed by atoms with Crippen LogP contribution in [0.2, 0.25) is 0 Å². The number of benzene rings is 1. The molecule has 7 heteroatoms. The second-order valence-electron chi connectivity index (χ2n) is 7.14. The molecule has 1 aliphatic rings.